The molecule has 1 aliphatic heterocycles. The SMILES string of the molecule is Cc1ccc(C2C(CN)CCN2C)cc1C. The summed E-state index contributed by atoms with van der Waals surface area (Å²) in [5.74, 6) is 0.618. The summed E-state index contributed by atoms with van der Waals surface area (Å²) in [6.45, 7) is 6.31. The molecule has 1 heterocycles. The predicted molar refractivity (Wildman–Crippen MR) is 68.4 cm³/mol. The summed E-state index contributed by atoms with van der Waals surface area (Å²) in [6, 6.07) is 7.33. The predicted octanol–water partition coefficient (Wildman–Crippen LogP) is 2.25. The monoisotopic (exact) mass is 218 g/mol. The van der Waals surface area contributed by atoms with Gasteiger partial charge in [0.1, 0.15) is 0 Å². The van der Waals surface area contributed by atoms with Crippen LogP contribution < -0.4 is 5.73 Å². The van der Waals surface area contributed by atoms with Crippen LogP contribution in [0.25, 0.3) is 0 Å². The molecule has 2 atom stereocenters. The van der Waals surface area contributed by atoms with Crippen LogP contribution in [0, 0.1) is 19.8 Å². The second-order valence-corrected chi connectivity index (χ2v) is 5.05. The summed E-state index contributed by atoms with van der Waals surface area (Å²) >= 11 is 0. The van der Waals surface area contributed by atoms with Crippen molar-refractivity contribution in [2.24, 2.45) is 11.7 Å². The molecule has 1 aliphatic rings. The Balaban J connectivity index is 2.31. The zero-order valence-electron chi connectivity index (χ0n) is 10.5. The lowest BCUT2D eigenvalue weighted by Gasteiger charge is -2.25. The molecule has 2 heteroatoms. The second-order valence-electron chi connectivity index (χ2n) is 5.05. The lowest BCUT2D eigenvalue weighted by Crippen LogP contribution is -2.25. The zero-order chi connectivity index (χ0) is 11.7. The van der Waals surface area contributed by atoms with Gasteiger partial charge < -0.3 is 5.73 Å². The van der Waals surface area contributed by atoms with Crippen molar-refractivity contribution >= 4 is 0 Å². The van der Waals surface area contributed by atoms with Crippen molar-refractivity contribution in [2.45, 2.75) is 26.3 Å². The molecule has 0 amide bonds. The number of benzene rings is 1. The molecule has 2 rings (SSSR count). The van der Waals surface area contributed by atoms with E-state index >= 15 is 0 Å². The van der Waals surface area contributed by atoms with Crippen molar-refractivity contribution < 1.29 is 0 Å². The Labute approximate surface area is 98.4 Å². The Morgan fingerprint density at radius 1 is 1.31 bits per heavy atom. The van der Waals surface area contributed by atoms with E-state index in [4.69, 9.17) is 5.73 Å². The minimum atomic E-state index is 0.518. The summed E-state index contributed by atoms with van der Waals surface area (Å²) in [6.07, 6.45) is 1.23. The first-order valence-corrected chi connectivity index (χ1v) is 6.11. The van der Waals surface area contributed by atoms with Crippen LogP contribution in [0.3, 0.4) is 0 Å². The highest BCUT2D eigenvalue weighted by atomic mass is 15.2. The van der Waals surface area contributed by atoms with E-state index in [1.54, 1.807) is 0 Å². The maximum absolute atomic E-state index is 5.87. The molecule has 1 saturated heterocycles. The third-order valence-electron chi connectivity index (χ3n) is 3.95. The standard InChI is InChI=1S/C14H22N2/c1-10-4-5-12(8-11(10)2)14-13(9-15)6-7-16(14)3/h4-5,8,13-14H,6-7,9,15H2,1-3H3. The van der Waals surface area contributed by atoms with E-state index in [1.807, 2.05) is 0 Å². The molecule has 0 aliphatic carbocycles. The van der Waals surface area contributed by atoms with Gasteiger partial charge in [-0.15, -0.1) is 0 Å². The Morgan fingerprint density at radius 2 is 2.06 bits per heavy atom. The maximum atomic E-state index is 5.87. The molecule has 0 bridgehead atoms. The third kappa shape index (κ3) is 2.00. The minimum absolute atomic E-state index is 0.518. The highest BCUT2D eigenvalue weighted by molar-refractivity contribution is 5.32. The van der Waals surface area contributed by atoms with Gasteiger partial charge in [0, 0.05) is 6.04 Å². The molecule has 2 N–H and O–H groups in total. The lowest BCUT2D eigenvalue weighted by atomic mass is 9.92. The lowest BCUT2D eigenvalue weighted by molar-refractivity contribution is 0.279. The van der Waals surface area contributed by atoms with Crippen LogP contribution in [0.15, 0.2) is 18.2 Å². The first-order valence-electron chi connectivity index (χ1n) is 6.11. The van der Waals surface area contributed by atoms with E-state index in [2.05, 4.69) is 44.0 Å². The van der Waals surface area contributed by atoms with Crippen molar-refractivity contribution in [2.75, 3.05) is 20.1 Å². The van der Waals surface area contributed by atoms with Crippen molar-refractivity contribution in [1.29, 1.82) is 0 Å². The summed E-state index contributed by atoms with van der Waals surface area (Å²) in [7, 11) is 2.20. The number of hydrogen-bond acceptors (Lipinski definition) is 2. The molecule has 0 radical (unpaired) electrons. The molecule has 0 aromatic heterocycles. The number of likely N-dealkylation sites (tertiary alicyclic amines) is 1. The number of nitrogens with two attached hydrogens (primary N) is 1. The van der Waals surface area contributed by atoms with E-state index in [9.17, 15) is 0 Å². The molecule has 0 saturated carbocycles. The first kappa shape index (κ1) is 11.6. The number of rotatable bonds is 2. The van der Waals surface area contributed by atoms with Crippen molar-refractivity contribution in [3.8, 4) is 0 Å². The molecule has 0 spiro atoms. The fourth-order valence-corrected chi connectivity index (χ4v) is 2.75. The molecule has 1 fully saturated rings. The molecule has 2 nitrogen and oxygen atoms in total. The van der Waals surface area contributed by atoms with Crippen LogP contribution in [0.5, 0.6) is 0 Å². The molecule has 88 valence electrons. The summed E-state index contributed by atoms with van der Waals surface area (Å²) < 4.78 is 0. The van der Waals surface area contributed by atoms with Gasteiger partial charge in [-0.05, 0) is 63.0 Å². The molecule has 1 aromatic rings. The van der Waals surface area contributed by atoms with Crippen LogP contribution >= 0.6 is 0 Å². The number of aryl methyl sites for hydroxylation is 2. The van der Waals surface area contributed by atoms with E-state index in [1.165, 1.54) is 29.7 Å². The quantitative estimate of drug-likeness (QED) is 0.825. The minimum Gasteiger partial charge on any atom is -0.330 e. The summed E-state index contributed by atoms with van der Waals surface area (Å²) in [5.41, 5.74) is 10.0. The van der Waals surface area contributed by atoms with Gasteiger partial charge >= 0.3 is 0 Å². The van der Waals surface area contributed by atoms with E-state index in [0.29, 0.717) is 12.0 Å². The van der Waals surface area contributed by atoms with Gasteiger partial charge in [0.2, 0.25) is 0 Å². The van der Waals surface area contributed by atoms with Crippen LogP contribution in [0.4, 0.5) is 0 Å². The van der Waals surface area contributed by atoms with Crippen molar-refractivity contribution in [3.63, 3.8) is 0 Å². The summed E-state index contributed by atoms with van der Waals surface area (Å²) in [5, 5.41) is 0. The van der Waals surface area contributed by atoms with Crippen LogP contribution in [0.1, 0.15) is 29.2 Å². The molecular formula is C14H22N2. The average Bonchev–Trinajstić information content (AvgIpc) is 2.64. The fourth-order valence-electron chi connectivity index (χ4n) is 2.75. The molecule has 16 heavy (non-hydrogen) atoms. The first-order chi connectivity index (χ1) is 7.63. The van der Waals surface area contributed by atoms with Gasteiger partial charge in [-0.2, -0.15) is 0 Å². The highest BCUT2D eigenvalue weighted by Gasteiger charge is 2.31. The molecule has 1 aromatic carbocycles. The number of nitrogens with zero attached hydrogens (tertiary/aromatic N) is 1. The van der Waals surface area contributed by atoms with E-state index in [0.717, 1.165) is 6.54 Å². The van der Waals surface area contributed by atoms with Crippen LogP contribution in [-0.2, 0) is 0 Å². The highest BCUT2D eigenvalue weighted by Crippen LogP contribution is 2.35. The van der Waals surface area contributed by atoms with Crippen molar-refractivity contribution in [3.05, 3.63) is 34.9 Å². The Morgan fingerprint density at radius 3 is 2.69 bits per heavy atom. The Kier molecular flexibility index (Phi) is 3.31. The smallest absolute Gasteiger partial charge is 0.0385 e. The topological polar surface area (TPSA) is 29.3 Å². The fraction of sp³-hybridized carbons (Fsp3) is 0.571. The third-order valence-corrected chi connectivity index (χ3v) is 3.95. The van der Waals surface area contributed by atoms with E-state index in [-0.39, 0.29) is 0 Å². The van der Waals surface area contributed by atoms with Gasteiger partial charge in [-0.25, -0.2) is 0 Å². The maximum Gasteiger partial charge on any atom is 0.0385 e. The zero-order valence-corrected chi connectivity index (χ0v) is 10.5. The van der Waals surface area contributed by atoms with Gasteiger partial charge in [0.25, 0.3) is 0 Å². The van der Waals surface area contributed by atoms with Gasteiger partial charge in [-0.3, -0.25) is 4.90 Å². The molecule has 2 unspecified atom stereocenters. The van der Waals surface area contributed by atoms with Crippen molar-refractivity contribution in [1.82, 2.24) is 4.90 Å². The van der Waals surface area contributed by atoms with Crippen LogP contribution in [-0.4, -0.2) is 25.0 Å². The second kappa shape index (κ2) is 4.56. The van der Waals surface area contributed by atoms with Gasteiger partial charge in [-0.1, -0.05) is 18.2 Å². The van der Waals surface area contributed by atoms with Crippen LogP contribution in [0.2, 0.25) is 0 Å². The molecular weight excluding hydrogens is 196 g/mol. The Bertz CT molecular complexity index is 373. The van der Waals surface area contributed by atoms with E-state index < -0.39 is 0 Å². The average molecular weight is 218 g/mol. The van der Waals surface area contributed by atoms with Gasteiger partial charge in [0.15, 0.2) is 0 Å². The van der Waals surface area contributed by atoms with Gasteiger partial charge in [0.05, 0.1) is 0 Å². The number of hydrogen-bond donors (Lipinski definition) is 1. The normalized spacial score (nSPS) is 26.2. The summed E-state index contributed by atoms with van der Waals surface area (Å²) in [4.78, 5) is 2.43. The Hall–Kier alpha value is -0.860. The largest absolute Gasteiger partial charge is 0.330 e.